The van der Waals surface area contributed by atoms with Crippen molar-refractivity contribution < 1.29 is 45.5 Å². The summed E-state index contributed by atoms with van der Waals surface area (Å²) in [6, 6.07) is 5.40. The highest BCUT2D eigenvalue weighted by atomic mass is 19.4. The molecule has 2 aromatic heterocycles. The molecule has 1 aliphatic heterocycles. The Morgan fingerprint density at radius 3 is 2.69 bits per heavy atom. The van der Waals surface area contributed by atoms with Gasteiger partial charge in [-0.1, -0.05) is 5.16 Å². The van der Waals surface area contributed by atoms with E-state index in [1.165, 1.54) is 37.4 Å². The van der Waals surface area contributed by atoms with Gasteiger partial charge in [0, 0.05) is 29.8 Å². The maximum atomic E-state index is 14.9. The number of nitrogens with one attached hydrogen (secondary N) is 1. The number of amides is 1. The molecule has 0 radical (unpaired) electrons. The van der Waals surface area contributed by atoms with Crippen molar-refractivity contribution in [2.24, 2.45) is 4.99 Å². The molecule has 2 atom stereocenters. The summed E-state index contributed by atoms with van der Waals surface area (Å²) in [5.74, 6) is -0.807. The van der Waals surface area contributed by atoms with Gasteiger partial charge in [-0.15, -0.1) is 0 Å². The molecule has 0 spiro atoms. The van der Waals surface area contributed by atoms with Crippen LogP contribution in [0.25, 0.3) is 22.7 Å². The number of carbonyl (C=O) groups is 1. The average molecular weight is 517 g/mol. The molecule has 0 unspecified atom stereocenters. The van der Waals surface area contributed by atoms with Crippen molar-refractivity contribution in [2.45, 2.75) is 44.1 Å². The molecule has 9 nitrogen and oxygen atoms in total. The van der Waals surface area contributed by atoms with E-state index in [0.29, 0.717) is 0 Å². The molecule has 1 aromatic carbocycles. The number of amidine groups is 1. The number of nitrogens with zero attached hydrogens (tertiary/aromatic N) is 4. The fourth-order valence-electron chi connectivity index (χ4n) is 3.70. The van der Waals surface area contributed by atoms with Crippen LogP contribution >= 0.6 is 0 Å². The Morgan fingerprint density at radius 1 is 1.28 bits per heavy atom. The van der Waals surface area contributed by atoms with Crippen LogP contribution in [0.3, 0.4) is 0 Å². The maximum absolute atomic E-state index is 14.9. The second kappa shape index (κ2) is 9.20. The van der Waals surface area contributed by atoms with Crippen LogP contribution in [0.15, 0.2) is 46.0 Å². The number of ether oxygens (including phenoxy) is 1. The second-order valence-electron chi connectivity index (χ2n) is 8.06. The van der Waals surface area contributed by atoms with E-state index in [-0.39, 0.29) is 28.3 Å². The van der Waals surface area contributed by atoms with Crippen molar-refractivity contribution in [3.8, 4) is 22.7 Å². The lowest BCUT2D eigenvalue weighted by Crippen LogP contribution is -2.48. The van der Waals surface area contributed by atoms with Crippen LogP contribution in [-0.4, -0.2) is 50.9 Å². The van der Waals surface area contributed by atoms with E-state index in [1.807, 2.05) is 0 Å². The first-order valence-electron chi connectivity index (χ1n) is 10.3. The molecule has 0 saturated carbocycles. The van der Waals surface area contributed by atoms with Gasteiger partial charge in [0.25, 0.3) is 12.4 Å². The van der Waals surface area contributed by atoms with Crippen LogP contribution in [0.4, 0.5) is 31.1 Å². The van der Waals surface area contributed by atoms with E-state index >= 15 is 0 Å². The molecule has 15 heteroatoms. The smallest absolute Gasteiger partial charge is 0.425 e. The van der Waals surface area contributed by atoms with Crippen molar-refractivity contribution in [1.29, 1.82) is 0 Å². The normalized spacial score (nSPS) is 20.2. The SMILES string of the molecule is C[C@@]1(c2cc(-c3cc(-c4ccn(CC(F)F)n4)no3)ccc2F)C[C@@H](C(F)(F)F)OC(NC(=O)O)=N1. The summed E-state index contributed by atoms with van der Waals surface area (Å²) in [6.45, 7) is 0.591. The first kappa shape index (κ1) is 25.1. The minimum Gasteiger partial charge on any atom is -0.465 e. The zero-order chi connectivity index (χ0) is 26.3. The van der Waals surface area contributed by atoms with Gasteiger partial charge in [0.15, 0.2) is 11.9 Å². The number of halogens is 6. The number of rotatable bonds is 5. The van der Waals surface area contributed by atoms with E-state index in [4.69, 9.17) is 9.63 Å². The third-order valence-corrected chi connectivity index (χ3v) is 5.33. The largest absolute Gasteiger partial charge is 0.465 e. The van der Waals surface area contributed by atoms with E-state index in [2.05, 4.69) is 20.0 Å². The predicted octanol–water partition coefficient (Wildman–Crippen LogP) is 4.80. The number of hydrogen-bond acceptors (Lipinski definition) is 6. The monoisotopic (exact) mass is 517 g/mol. The quantitative estimate of drug-likeness (QED) is 0.470. The van der Waals surface area contributed by atoms with Crippen LogP contribution in [-0.2, 0) is 16.8 Å². The summed E-state index contributed by atoms with van der Waals surface area (Å²) < 4.78 is 91.3. The molecule has 0 aliphatic carbocycles. The standard InChI is InChI=1S/C21H17F6N5O4/c1-20(8-16(21(25,26)27)35-18(29-20)28-19(33)34)11-6-10(2-3-12(11)22)15-7-14(31-36-15)13-4-5-32(30-13)9-17(23)24/h2-7,16-17H,8-9H2,1H3,(H,28,29)(H,33,34)/t16-,20-/m0/s1. The third kappa shape index (κ3) is 5.28. The summed E-state index contributed by atoms with van der Waals surface area (Å²) in [5.41, 5.74) is -1.51. The van der Waals surface area contributed by atoms with Crippen LogP contribution in [0.2, 0.25) is 0 Å². The fraction of sp³-hybridized carbons (Fsp3) is 0.333. The molecular weight excluding hydrogens is 500 g/mol. The minimum absolute atomic E-state index is 0.0885. The minimum atomic E-state index is -4.88. The lowest BCUT2D eigenvalue weighted by molar-refractivity contribution is -0.208. The van der Waals surface area contributed by atoms with Crippen LogP contribution in [0.1, 0.15) is 18.9 Å². The Hall–Kier alpha value is -4.04. The Labute approximate surface area is 198 Å². The van der Waals surface area contributed by atoms with E-state index in [1.54, 1.807) is 5.32 Å². The summed E-state index contributed by atoms with van der Waals surface area (Å²) >= 11 is 0. The lowest BCUT2D eigenvalue weighted by Gasteiger charge is -2.36. The van der Waals surface area contributed by atoms with Gasteiger partial charge in [-0.2, -0.15) is 18.3 Å². The number of carboxylic acid groups (broad SMARTS) is 1. The molecule has 3 heterocycles. The van der Waals surface area contributed by atoms with Gasteiger partial charge >= 0.3 is 12.3 Å². The Bertz CT molecular complexity index is 1300. The zero-order valence-electron chi connectivity index (χ0n) is 18.3. The molecular formula is C21H17F6N5O4. The molecule has 0 bridgehead atoms. The molecule has 3 aromatic rings. The molecule has 0 saturated heterocycles. The van der Waals surface area contributed by atoms with Crippen molar-refractivity contribution in [3.63, 3.8) is 0 Å². The Morgan fingerprint density at radius 2 is 2.03 bits per heavy atom. The van der Waals surface area contributed by atoms with Gasteiger partial charge in [-0.05, 0) is 31.2 Å². The molecule has 1 amide bonds. The second-order valence-corrected chi connectivity index (χ2v) is 8.06. The Balaban J connectivity index is 1.69. The number of aliphatic imine (C=N–C) groups is 1. The first-order valence-corrected chi connectivity index (χ1v) is 10.3. The number of alkyl halides is 5. The van der Waals surface area contributed by atoms with Gasteiger partial charge in [0.05, 0.1) is 5.54 Å². The molecule has 2 N–H and O–H groups in total. The predicted molar refractivity (Wildman–Crippen MR) is 111 cm³/mol. The van der Waals surface area contributed by atoms with Gasteiger partial charge in [0.2, 0.25) is 0 Å². The van der Waals surface area contributed by atoms with Crippen molar-refractivity contribution in [1.82, 2.24) is 20.3 Å². The number of hydrogen-bond donors (Lipinski definition) is 2. The molecule has 0 fully saturated rings. The summed E-state index contributed by atoms with van der Waals surface area (Å²) in [7, 11) is 0. The maximum Gasteiger partial charge on any atom is 0.425 e. The highest BCUT2D eigenvalue weighted by molar-refractivity contribution is 5.90. The van der Waals surface area contributed by atoms with Crippen LogP contribution in [0.5, 0.6) is 0 Å². The number of benzene rings is 1. The van der Waals surface area contributed by atoms with Crippen molar-refractivity contribution >= 4 is 12.1 Å². The molecule has 1 aliphatic rings. The van der Waals surface area contributed by atoms with E-state index in [9.17, 15) is 31.1 Å². The third-order valence-electron chi connectivity index (χ3n) is 5.33. The average Bonchev–Trinajstić information content (AvgIpc) is 3.42. The van der Waals surface area contributed by atoms with E-state index in [0.717, 1.165) is 10.7 Å². The van der Waals surface area contributed by atoms with E-state index < -0.39 is 55.1 Å². The van der Waals surface area contributed by atoms with Crippen molar-refractivity contribution in [3.05, 3.63) is 47.9 Å². The number of aromatic nitrogens is 3. The highest BCUT2D eigenvalue weighted by Gasteiger charge is 2.50. The lowest BCUT2D eigenvalue weighted by atomic mass is 9.84. The first-order chi connectivity index (χ1) is 16.8. The topological polar surface area (TPSA) is 115 Å². The van der Waals surface area contributed by atoms with Gasteiger partial charge in [0.1, 0.15) is 23.7 Å². The summed E-state index contributed by atoms with van der Waals surface area (Å²) in [4.78, 5) is 14.9. The van der Waals surface area contributed by atoms with Crippen molar-refractivity contribution in [2.75, 3.05) is 0 Å². The summed E-state index contributed by atoms with van der Waals surface area (Å²) in [6.07, 6.45) is -11.2. The van der Waals surface area contributed by atoms with Gasteiger partial charge in [-0.3, -0.25) is 4.68 Å². The zero-order valence-corrected chi connectivity index (χ0v) is 18.3. The fourth-order valence-corrected chi connectivity index (χ4v) is 3.70. The highest BCUT2D eigenvalue weighted by Crippen LogP contribution is 2.42. The molecule has 4 rings (SSSR count). The van der Waals surface area contributed by atoms with Crippen LogP contribution < -0.4 is 5.32 Å². The van der Waals surface area contributed by atoms with Gasteiger partial charge in [-0.25, -0.2) is 28.3 Å². The van der Waals surface area contributed by atoms with Crippen LogP contribution in [0, 0.1) is 5.82 Å². The Kier molecular flexibility index (Phi) is 6.41. The molecule has 36 heavy (non-hydrogen) atoms. The summed E-state index contributed by atoms with van der Waals surface area (Å²) in [5, 5.41) is 18.3. The van der Waals surface area contributed by atoms with Gasteiger partial charge < -0.3 is 14.4 Å². The molecule has 192 valence electrons.